The smallest absolute Gasteiger partial charge is 0.261 e. The second-order valence-electron chi connectivity index (χ2n) is 4.30. The SMILES string of the molecule is COc1cc(Br)c(OC)c(C(=O)Nc2nc(C)c(C)s2)c1. The molecule has 2 rings (SSSR count). The molecule has 1 N–H and O–H groups in total. The molecule has 0 saturated carbocycles. The van der Waals surface area contributed by atoms with Crippen molar-refractivity contribution in [3.8, 4) is 11.5 Å². The number of thiazole rings is 1. The van der Waals surface area contributed by atoms with E-state index in [1.165, 1.54) is 18.4 Å². The molecule has 1 heterocycles. The monoisotopic (exact) mass is 370 g/mol. The van der Waals surface area contributed by atoms with Gasteiger partial charge in [0.2, 0.25) is 0 Å². The molecule has 2 aromatic rings. The number of benzene rings is 1. The number of carbonyl (C=O) groups is 1. The molecule has 1 aromatic heterocycles. The highest BCUT2D eigenvalue weighted by atomic mass is 79.9. The van der Waals surface area contributed by atoms with Gasteiger partial charge in [0.05, 0.1) is 29.9 Å². The van der Waals surface area contributed by atoms with Crippen molar-refractivity contribution in [1.82, 2.24) is 4.98 Å². The number of aryl methyl sites for hydroxylation is 2. The van der Waals surface area contributed by atoms with Crippen LogP contribution >= 0.6 is 27.3 Å². The first-order chi connectivity index (χ1) is 9.96. The van der Waals surface area contributed by atoms with Crippen molar-refractivity contribution < 1.29 is 14.3 Å². The van der Waals surface area contributed by atoms with Crippen LogP contribution < -0.4 is 14.8 Å². The van der Waals surface area contributed by atoms with E-state index in [2.05, 4.69) is 26.2 Å². The number of hydrogen-bond donors (Lipinski definition) is 1. The van der Waals surface area contributed by atoms with Gasteiger partial charge in [-0.25, -0.2) is 4.98 Å². The van der Waals surface area contributed by atoms with E-state index in [0.717, 1.165) is 10.6 Å². The minimum atomic E-state index is -0.291. The van der Waals surface area contributed by atoms with Gasteiger partial charge in [0.1, 0.15) is 11.5 Å². The first kappa shape index (κ1) is 15.8. The third kappa shape index (κ3) is 3.36. The minimum Gasteiger partial charge on any atom is -0.497 e. The van der Waals surface area contributed by atoms with E-state index in [4.69, 9.17) is 9.47 Å². The van der Waals surface area contributed by atoms with Gasteiger partial charge in [0, 0.05) is 4.88 Å². The molecule has 0 aliphatic carbocycles. The van der Waals surface area contributed by atoms with Crippen molar-refractivity contribution in [3.63, 3.8) is 0 Å². The van der Waals surface area contributed by atoms with E-state index >= 15 is 0 Å². The lowest BCUT2D eigenvalue weighted by Gasteiger charge is -2.12. The molecular weight excluding hydrogens is 356 g/mol. The second-order valence-corrected chi connectivity index (χ2v) is 6.36. The summed E-state index contributed by atoms with van der Waals surface area (Å²) in [5, 5.41) is 3.35. The number of carbonyl (C=O) groups excluding carboxylic acids is 1. The third-order valence-electron chi connectivity index (χ3n) is 2.95. The van der Waals surface area contributed by atoms with E-state index in [0.29, 0.717) is 26.7 Å². The number of amides is 1. The van der Waals surface area contributed by atoms with Crippen molar-refractivity contribution in [2.75, 3.05) is 19.5 Å². The maximum absolute atomic E-state index is 12.4. The van der Waals surface area contributed by atoms with Crippen LogP contribution in [0.4, 0.5) is 5.13 Å². The van der Waals surface area contributed by atoms with Gasteiger partial charge >= 0.3 is 0 Å². The van der Waals surface area contributed by atoms with Crippen molar-refractivity contribution in [3.05, 3.63) is 32.7 Å². The molecule has 1 aromatic carbocycles. The Kier molecular flexibility index (Phi) is 4.84. The van der Waals surface area contributed by atoms with Crippen molar-refractivity contribution in [2.45, 2.75) is 13.8 Å². The zero-order valence-corrected chi connectivity index (χ0v) is 14.5. The Morgan fingerprint density at radius 3 is 2.52 bits per heavy atom. The van der Waals surface area contributed by atoms with Gasteiger partial charge in [0.25, 0.3) is 5.91 Å². The normalized spacial score (nSPS) is 10.3. The molecule has 0 bridgehead atoms. The number of anilines is 1. The molecule has 0 saturated heterocycles. The van der Waals surface area contributed by atoms with E-state index < -0.39 is 0 Å². The van der Waals surface area contributed by atoms with Crippen molar-refractivity contribution in [2.24, 2.45) is 0 Å². The molecule has 7 heteroatoms. The Bertz CT molecular complexity index is 666. The number of hydrogen-bond acceptors (Lipinski definition) is 5. The highest BCUT2D eigenvalue weighted by Crippen LogP contribution is 2.34. The Labute approximate surface area is 135 Å². The average molecular weight is 371 g/mol. The Hall–Kier alpha value is -1.60. The number of aromatic nitrogens is 1. The molecule has 0 aliphatic rings. The van der Waals surface area contributed by atoms with Gasteiger partial charge in [-0.15, -0.1) is 11.3 Å². The minimum absolute atomic E-state index is 0.291. The summed E-state index contributed by atoms with van der Waals surface area (Å²) in [4.78, 5) is 17.8. The summed E-state index contributed by atoms with van der Waals surface area (Å²) in [6, 6.07) is 3.37. The van der Waals surface area contributed by atoms with E-state index in [9.17, 15) is 4.79 Å². The lowest BCUT2D eigenvalue weighted by molar-refractivity contribution is 0.102. The molecule has 0 atom stereocenters. The Morgan fingerprint density at radius 2 is 2.00 bits per heavy atom. The summed E-state index contributed by atoms with van der Waals surface area (Å²) in [6.07, 6.45) is 0. The van der Waals surface area contributed by atoms with Gasteiger partial charge in [-0.2, -0.15) is 0 Å². The average Bonchev–Trinajstić information content (AvgIpc) is 2.76. The maximum atomic E-state index is 12.4. The zero-order valence-electron chi connectivity index (χ0n) is 12.1. The van der Waals surface area contributed by atoms with Crippen LogP contribution in [0.1, 0.15) is 20.9 Å². The summed E-state index contributed by atoms with van der Waals surface area (Å²) < 4.78 is 11.1. The largest absolute Gasteiger partial charge is 0.497 e. The highest BCUT2D eigenvalue weighted by Gasteiger charge is 2.18. The molecule has 0 aliphatic heterocycles. The Morgan fingerprint density at radius 1 is 1.29 bits per heavy atom. The summed E-state index contributed by atoms with van der Waals surface area (Å²) in [5.74, 6) is 0.734. The molecule has 0 unspecified atom stereocenters. The summed E-state index contributed by atoms with van der Waals surface area (Å²) in [7, 11) is 3.06. The van der Waals surface area contributed by atoms with Crippen LogP contribution in [-0.4, -0.2) is 25.1 Å². The van der Waals surface area contributed by atoms with Gasteiger partial charge in [-0.3, -0.25) is 10.1 Å². The van der Waals surface area contributed by atoms with E-state index in [1.54, 1.807) is 19.2 Å². The predicted octanol–water partition coefficient (Wildman–Crippen LogP) is 3.79. The van der Waals surface area contributed by atoms with Crippen LogP contribution in [0.3, 0.4) is 0 Å². The highest BCUT2D eigenvalue weighted by molar-refractivity contribution is 9.10. The van der Waals surface area contributed by atoms with E-state index in [1.807, 2.05) is 13.8 Å². The van der Waals surface area contributed by atoms with Crippen molar-refractivity contribution >= 4 is 38.3 Å². The molecular formula is C14H15BrN2O3S. The fraction of sp³-hybridized carbons (Fsp3) is 0.286. The molecule has 5 nitrogen and oxygen atoms in total. The molecule has 0 radical (unpaired) electrons. The first-order valence-corrected chi connectivity index (χ1v) is 7.74. The molecule has 21 heavy (non-hydrogen) atoms. The number of rotatable bonds is 4. The number of nitrogens with one attached hydrogen (secondary N) is 1. The number of halogens is 1. The van der Waals surface area contributed by atoms with Crippen LogP contribution in [0.2, 0.25) is 0 Å². The van der Waals surface area contributed by atoms with Crippen LogP contribution in [0.15, 0.2) is 16.6 Å². The standard InChI is InChI=1S/C14H15BrN2O3S/c1-7-8(2)21-14(16-7)17-13(18)10-5-9(19-3)6-11(15)12(10)20-4/h5-6H,1-4H3,(H,16,17,18). The fourth-order valence-electron chi connectivity index (χ4n) is 1.75. The lowest BCUT2D eigenvalue weighted by atomic mass is 10.1. The number of methoxy groups -OCH3 is 2. The van der Waals surface area contributed by atoms with Gasteiger partial charge in [-0.1, -0.05) is 0 Å². The van der Waals surface area contributed by atoms with Gasteiger partial charge in [-0.05, 0) is 41.9 Å². The fourth-order valence-corrected chi connectivity index (χ4v) is 3.16. The number of ether oxygens (including phenoxy) is 2. The van der Waals surface area contributed by atoms with Crippen molar-refractivity contribution in [1.29, 1.82) is 0 Å². The summed E-state index contributed by atoms with van der Waals surface area (Å²) in [6.45, 7) is 3.87. The van der Waals surface area contributed by atoms with Crippen LogP contribution in [0, 0.1) is 13.8 Å². The van der Waals surface area contributed by atoms with Crippen LogP contribution in [-0.2, 0) is 0 Å². The Balaban J connectivity index is 2.35. The molecule has 1 amide bonds. The maximum Gasteiger partial charge on any atom is 0.261 e. The summed E-state index contributed by atoms with van der Waals surface area (Å²) in [5.41, 5.74) is 1.29. The zero-order chi connectivity index (χ0) is 15.6. The topological polar surface area (TPSA) is 60.5 Å². The number of nitrogens with zero attached hydrogens (tertiary/aromatic N) is 1. The van der Waals surface area contributed by atoms with Crippen LogP contribution in [0.5, 0.6) is 11.5 Å². The molecule has 112 valence electrons. The summed E-state index contributed by atoms with van der Waals surface area (Å²) >= 11 is 4.81. The van der Waals surface area contributed by atoms with Gasteiger partial charge < -0.3 is 9.47 Å². The molecule has 0 spiro atoms. The quantitative estimate of drug-likeness (QED) is 0.888. The first-order valence-electron chi connectivity index (χ1n) is 6.13. The second kappa shape index (κ2) is 6.44. The van der Waals surface area contributed by atoms with Crippen LogP contribution in [0.25, 0.3) is 0 Å². The molecule has 0 fully saturated rings. The van der Waals surface area contributed by atoms with E-state index in [-0.39, 0.29) is 5.91 Å². The van der Waals surface area contributed by atoms with Gasteiger partial charge in [0.15, 0.2) is 5.13 Å². The third-order valence-corrected chi connectivity index (χ3v) is 4.53. The lowest BCUT2D eigenvalue weighted by Crippen LogP contribution is -2.13. The predicted molar refractivity (Wildman–Crippen MR) is 86.8 cm³/mol.